The average Bonchev–Trinajstić information content (AvgIpc) is 2.41. The molecule has 1 heterocycles. The number of carbonyl (C=O) groups excluding carboxylic acids is 1. The number of hydrogen-bond donors (Lipinski definition) is 1. The van der Waals surface area contributed by atoms with E-state index in [1.807, 2.05) is 6.92 Å². The number of benzene rings is 1. The van der Waals surface area contributed by atoms with Crippen LogP contribution < -0.4 is 5.73 Å². The molecule has 0 aromatic heterocycles. The Labute approximate surface area is 106 Å². The van der Waals surface area contributed by atoms with E-state index in [9.17, 15) is 9.18 Å². The number of morpholine rings is 1. The lowest BCUT2D eigenvalue weighted by atomic mass is 10.1. The fourth-order valence-electron chi connectivity index (χ4n) is 2.02. The van der Waals surface area contributed by atoms with Crippen LogP contribution in [-0.4, -0.2) is 43.2 Å². The number of ether oxygens (including phenoxy) is 1. The van der Waals surface area contributed by atoms with E-state index in [4.69, 9.17) is 10.5 Å². The molecule has 1 aromatic rings. The van der Waals surface area contributed by atoms with E-state index < -0.39 is 5.82 Å². The number of rotatable bonds is 2. The number of aryl methyl sites for hydroxylation is 1. The van der Waals surface area contributed by atoms with Crippen molar-refractivity contribution in [1.29, 1.82) is 0 Å². The molecule has 1 aliphatic rings. The van der Waals surface area contributed by atoms with Crippen molar-refractivity contribution in [3.63, 3.8) is 0 Å². The second-order valence-electron chi connectivity index (χ2n) is 4.46. The Balaban J connectivity index is 2.17. The Morgan fingerprint density at radius 1 is 1.61 bits per heavy atom. The summed E-state index contributed by atoms with van der Waals surface area (Å²) in [5.41, 5.74) is 6.50. The van der Waals surface area contributed by atoms with Gasteiger partial charge < -0.3 is 15.4 Å². The topological polar surface area (TPSA) is 55.6 Å². The predicted octanol–water partition coefficient (Wildman–Crippen LogP) is 0.934. The molecule has 0 radical (unpaired) electrons. The lowest BCUT2D eigenvalue weighted by Crippen LogP contribution is -2.48. The van der Waals surface area contributed by atoms with Crippen molar-refractivity contribution in [2.45, 2.75) is 13.0 Å². The fraction of sp³-hybridized carbons (Fsp3) is 0.462. The van der Waals surface area contributed by atoms with Crippen LogP contribution in [0.5, 0.6) is 0 Å². The van der Waals surface area contributed by atoms with Gasteiger partial charge in [-0.3, -0.25) is 4.79 Å². The largest absolute Gasteiger partial charge is 0.373 e. The summed E-state index contributed by atoms with van der Waals surface area (Å²) in [7, 11) is 0. The standard InChI is InChI=1S/C13H17FN2O2/c1-9-2-3-12(14)11(6-9)13(17)16-4-5-18-10(7-15)8-16/h2-3,6,10H,4-5,7-8,15H2,1H3. The first-order valence-electron chi connectivity index (χ1n) is 5.99. The SMILES string of the molecule is Cc1ccc(F)c(C(=O)N2CCOC(CN)C2)c1. The van der Waals surface area contributed by atoms with Crippen molar-refractivity contribution in [3.05, 3.63) is 35.1 Å². The van der Waals surface area contributed by atoms with Crippen LogP contribution >= 0.6 is 0 Å². The third-order valence-corrected chi connectivity index (χ3v) is 3.04. The highest BCUT2D eigenvalue weighted by Crippen LogP contribution is 2.15. The summed E-state index contributed by atoms with van der Waals surface area (Å²) in [6, 6.07) is 4.54. The van der Waals surface area contributed by atoms with Crippen LogP contribution in [0.15, 0.2) is 18.2 Å². The molecular weight excluding hydrogens is 235 g/mol. The van der Waals surface area contributed by atoms with Gasteiger partial charge in [0.05, 0.1) is 18.3 Å². The lowest BCUT2D eigenvalue weighted by molar-refractivity contribution is -0.0169. The van der Waals surface area contributed by atoms with Crippen LogP contribution in [-0.2, 0) is 4.74 Å². The Morgan fingerprint density at radius 3 is 3.11 bits per heavy atom. The third kappa shape index (κ3) is 2.68. The number of carbonyl (C=O) groups is 1. The van der Waals surface area contributed by atoms with Gasteiger partial charge in [-0.05, 0) is 19.1 Å². The smallest absolute Gasteiger partial charge is 0.257 e. The maximum Gasteiger partial charge on any atom is 0.257 e. The highest BCUT2D eigenvalue weighted by atomic mass is 19.1. The van der Waals surface area contributed by atoms with Crippen molar-refractivity contribution >= 4 is 5.91 Å². The number of hydrogen-bond acceptors (Lipinski definition) is 3. The Kier molecular flexibility index (Phi) is 3.93. The number of amides is 1. The lowest BCUT2D eigenvalue weighted by Gasteiger charge is -2.32. The Bertz CT molecular complexity index is 451. The van der Waals surface area contributed by atoms with Gasteiger partial charge >= 0.3 is 0 Å². The molecule has 1 fully saturated rings. The molecule has 1 saturated heterocycles. The molecule has 2 N–H and O–H groups in total. The van der Waals surface area contributed by atoms with Gasteiger partial charge in [0.25, 0.3) is 5.91 Å². The second-order valence-corrected chi connectivity index (χ2v) is 4.46. The van der Waals surface area contributed by atoms with Gasteiger partial charge in [-0.15, -0.1) is 0 Å². The molecule has 18 heavy (non-hydrogen) atoms. The number of nitrogens with zero attached hydrogens (tertiary/aromatic N) is 1. The van der Waals surface area contributed by atoms with Gasteiger partial charge in [-0.1, -0.05) is 11.6 Å². The minimum Gasteiger partial charge on any atom is -0.373 e. The van der Waals surface area contributed by atoms with Gasteiger partial charge in [0, 0.05) is 19.6 Å². The summed E-state index contributed by atoms with van der Waals surface area (Å²) >= 11 is 0. The summed E-state index contributed by atoms with van der Waals surface area (Å²) in [6.45, 7) is 3.53. The van der Waals surface area contributed by atoms with Crippen LogP contribution in [0.1, 0.15) is 15.9 Å². The molecule has 1 unspecified atom stereocenters. The van der Waals surface area contributed by atoms with Gasteiger partial charge in [0.2, 0.25) is 0 Å². The third-order valence-electron chi connectivity index (χ3n) is 3.04. The first-order chi connectivity index (χ1) is 8.61. The first kappa shape index (κ1) is 13.0. The molecule has 0 saturated carbocycles. The highest BCUT2D eigenvalue weighted by Gasteiger charge is 2.25. The average molecular weight is 252 g/mol. The minimum absolute atomic E-state index is 0.118. The molecule has 1 aliphatic heterocycles. The van der Waals surface area contributed by atoms with Gasteiger partial charge in [-0.25, -0.2) is 4.39 Å². The zero-order valence-electron chi connectivity index (χ0n) is 10.4. The molecule has 0 bridgehead atoms. The van der Waals surface area contributed by atoms with Gasteiger partial charge in [0.15, 0.2) is 0 Å². The summed E-state index contributed by atoms with van der Waals surface area (Å²) in [6.07, 6.45) is -0.157. The van der Waals surface area contributed by atoms with Gasteiger partial charge in [-0.2, -0.15) is 0 Å². The van der Waals surface area contributed by atoms with Crippen LogP contribution in [0.2, 0.25) is 0 Å². The predicted molar refractivity (Wildman–Crippen MR) is 65.8 cm³/mol. The van der Waals surface area contributed by atoms with Gasteiger partial charge in [0.1, 0.15) is 5.82 Å². The van der Waals surface area contributed by atoms with Crippen molar-refractivity contribution in [3.8, 4) is 0 Å². The zero-order valence-corrected chi connectivity index (χ0v) is 10.4. The second kappa shape index (κ2) is 5.46. The number of halogens is 1. The molecule has 1 atom stereocenters. The molecule has 0 aliphatic carbocycles. The number of nitrogens with two attached hydrogens (primary N) is 1. The molecule has 1 aromatic carbocycles. The van der Waals surface area contributed by atoms with E-state index in [-0.39, 0.29) is 17.6 Å². The maximum absolute atomic E-state index is 13.7. The van der Waals surface area contributed by atoms with E-state index in [2.05, 4.69) is 0 Å². The van der Waals surface area contributed by atoms with E-state index in [0.717, 1.165) is 5.56 Å². The summed E-state index contributed by atoms with van der Waals surface area (Å²) in [4.78, 5) is 13.8. The molecule has 0 spiro atoms. The Morgan fingerprint density at radius 2 is 2.39 bits per heavy atom. The van der Waals surface area contributed by atoms with Crippen LogP contribution in [0.25, 0.3) is 0 Å². The summed E-state index contributed by atoms with van der Waals surface area (Å²) in [5, 5.41) is 0. The van der Waals surface area contributed by atoms with E-state index in [1.165, 1.54) is 6.07 Å². The van der Waals surface area contributed by atoms with Crippen LogP contribution in [0, 0.1) is 12.7 Å². The maximum atomic E-state index is 13.7. The van der Waals surface area contributed by atoms with Crippen LogP contribution in [0.4, 0.5) is 4.39 Å². The normalized spacial score (nSPS) is 19.9. The monoisotopic (exact) mass is 252 g/mol. The highest BCUT2D eigenvalue weighted by molar-refractivity contribution is 5.94. The zero-order chi connectivity index (χ0) is 13.1. The molecule has 4 nitrogen and oxygen atoms in total. The fourth-order valence-corrected chi connectivity index (χ4v) is 2.02. The van der Waals surface area contributed by atoms with E-state index >= 15 is 0 Å². The molecular formula is C13H17FN2O2. The molecule has 98 valence electrons. The minimum atomic E-state index is -0.485. The van der Waals surface area contributed by atoms with E-state index in [0.29, 0.717) is 26.2 Å². The van der Waals surface area contributed by atoms with Crippen molar-refractivity contribution < 1.29 is 13.9 Å². The quantitative estimate of drug-likeness (QED) is 0.852. The Hall–Kier alpha value is -1.46. The summed E-state index contributed by atoms with van der Waals surface area (Å²) < 4.78 is 19.0. The van der Waals surface area contributed by atoms with Crippen molar-refractivity contribution in [1.82, 2.24) is 4.90 Å². The first-order valence-corrected chi connectivity index (χ1v) is 5.99. The van der Waals surface area contributed by atoms with Crippen molar-refractivity contribution in [2.75, 3.05) is 26.2 Å². The van der Waals surface area contributed by atoms with Crippen molar-refractivity contribution in [2.24, 2.45) is 5.73 Å². The van der Waals surface area contributed by atoms with E-state index in [1.54, 1.807) is 17.0 Å². The summed E-state index contributed by atoms with van der Waals surface area (Å²) in [5.74, 6) is -0.778. The molecule has 2 rings (SSSR count). The molecule has 5 heteroatoms. The molecule has 1 amide bonds. The van der Waals surface area contributed by atoms with Crippen LogP contribution in [0.3, 0.4) is 0 Å².